The van der Waals surface area contributed by atoms with E-state index in [0.29, 0.717) is 23.3 Å². The minimum Gasteiger partial charge on any atom is -0.494 e. The van der Waals surface area contributed by atoms with Crippen LogP contribution in [0.3, 0.4) is 0 Å². The smallest absolute Gasteiger partial charge is 0.328 e. The van der Waals surface area contributed by atoms with Crippen LogP contribution in [0.4, 0.5) is 4.39 Å². The Morgan fingerprint density at radius 1 is 1.22 bits per heavy atom. The molecule has 3 aromatic rings. The highest BCUT2D eigenvalue weighted by Crippen LogP contribution is 2.15. The van der Waals surface area contributed by atoms with E-state index in [-0.39, 0.29) is 18.7 Å². The SMILES string of the molecule is CCOc1ccc2[nH]c(=O)n(CCNC(=O)c3ccccc3F)c(=O)c2c1. The lowest BCUT2D eigenvalue weighted by molar-refractivity contribution is 0.0948. The predicted molar refractivity (Wildman–Crippen MR) is 98.7 cm³/mol. The predicted octanol–water partition coefficient (Wildman–Crippen LogP) is 1.66. The molecule has 0 atom stereocenters. The fourth-order valence-electron chi connectivity index (χ4n) is 2.71. The van der Waals surface area contributed by atoms with Crippen molar-refractivity contribution in [1.82, 2.24) is 14.9 Å². The number of hydrogen-bond donors (Lipinski definition) is 2. The van der Waals surface area contributed by atoms with Crippen molar-refractivity contribution in [3.05, 3.63) is 74.7 Å². The number of H-pyrrole nitrogens is 1. The molecule has 0 saturated heterocycles. The summed E-state index contributed by atoms with van der Waals surface area (Å²) in [5, 5.41) is 2.81. The number of carbonyl (C=O) groups is 1. The molecule has 3 rings (SSSR count). The number of rotatable bonds is 6. The number of amides is 1. The number of hydrogen-bond acceptors (Lipinski definition) is 4. The van der Waals surface area contributed by atoms with Crippen LogP contribution >= 0.6 is 0 Å². The largest absolute Gasteiger partial charge is 0.494 e. The molecule has 27 heavy (non-hydrogen) atoms. The molecule has 1 amide bonds. The van der Waals surface area contributed by atoms with E-state index in [2.05, 4.69) is 10.3 Å². The zero-order chi connectivity index (χ0) is 19.4. The van der Waals surface area contributed by atoms with E-state index in [1.165, 1.54) is 18.2 Å². The third kappa shape index (κ3) is 3.89. The molecule has 2 aromatic carbocycles. The van der Waals surface area contributed by atoms with Gasteiger partial charge in [0.2, 0.25) is 0 Å². The Kier molecular flexibility index (Phi) is 5.35. The molecular weight excluding hydrogens is 353 g/mol. The summed E-state index contributed by atoms with van der Waals surface area (Å²) < 4.78 is 20.0. The van der Waals surface area contributed by atoms with Crippen molar-refractivity contribution < 1.29 is 13.9 Å². The first-order valence-corrected chi connectivity index (χ1v) is 8.43. The summed E-state index contributed by atoms with van der Waals surface area (Å²) in [5.41, 5.74) is -0.772. The summed E-state index contributed by atoms with van der Waals surface area (Å²) in [5.74, 6) is -0.732. The van der Waals surface area contributed by atoms with E-state index in [9.17, 15) is 18.8 Å². The Bertz CT molecular complexity index is 1100. The molecular formula is C19H18FN3O4. The van der Waals surface area contributed by atoms with Gasteiger partial charge in [0, 0.05) is 13.1 Å². The Morgan fingerprint density at radius 3 is 2.74 bits per heavy atom. The Hall–Kier alpha value is -3.42. The third-order valence-corrected chi connectivity index (χ3v) is 4.00. The van der Waals surface area contributed by atoms with Gasteiger partial charge in [-0.1, -0.05) is 12.1 Å². The van der Waals surface area contributed by atoms with Gasteiger partial charge in [0.1, 0.15) is 11.6 Å². The van der Waals surface area contributed by atoms with E-state index in [4.69, 9.17) is 4.74 Å². The van der Waals surface area contributed by atoms with E-state index in [1.807, 2.05) is 6.92 Å². The molecule has 0 fully saturated rings. The first-order valence-electron chi connectivity index (χ1n) is 8.43. The van der Waals surface area contributed by atoms with Crippen molar-refractivity contribution in [3.8, 4) is 5.75 Å². The molecule has 0 radical (unpaired) electrons. The molecule has 140 valence electrons. The van der Waals surface area contributed by atoms with Gasteiger partial charge in [0.05, 0.1) is 23.1 Å². The number of benzene rings is 2. The van der Waals surface area contributed by atoms with Crippen LogP contribution < -0.4 is 21.3 Å². The Morgan fingerprint density at radius 2 is 2.00 bits per heavy atom. The zero-order valence-corrected chi connectivity index (χ0v) is 14.6. The van der Waals surface area contributed by atoms with Crippen molar-refractivity contribution in [2.45, 2.75) is 13.5 Å². The summed E-state index contributed by atoms with van der Waals surface area (Å²) in [6, 6.07) is 10.4. The van der Waals surface area contributed by atoms with Crippen molar-refractivity contribution >= 4 is 16.8 Å². The highest BCUT2D eigenvalue weighted by Gasteiger charge is 2.12. The maximum absolute atomic E-state index is 13.6. The number of carbonyl (C=O) groups excluding carboxylic acids is 1. The molecule has 0 unspecified atom stereocenters. The minimum absolute atomic E-state index is 0.00713. The maximum Gasteiger partial charge on any atom is 0.328 e. The van der Waals surface area contributed by atoms with Gasteiger partial charge in [0.15, 0.2) is 0 Å². The van der Waals surface area contributed by atoms with Gasteiger partial charge in [-0.25, -0.2) is 9.18 Å². The molecule has 0 aliphatic rings. The van der Waals surface area contributed by atoms with Crippen LogP contribution in [0.25, 0.3) is 10.9 Å². The monoisotopic (exact) mass is 371 g/mol. The average molecular weight is 371 g/mol. The van der Waals surface area contributed by atoms with Crippen molar-refractivity contribution in [3.63, 3.8) is 0 Å². The molecule has 8 heteroatoms. The van der Waals surface area contributed by atoms with E-state index in [1.54, 1.807) is 24.3 Å². The number of nitrogens with one attached hydrogen (secondary N) is 2. The number of ether oxygens (including phenoxy) is 1. The highest BCUT2D eigenvalue weighted by molar-refractivity contribution is 5.94. The van der Waals surface area contributed by atoms with Crippen LogP contribution in [0.2, 0.25) is 0 Å². The minimum atomic E-state index is -0.640. The van der Waals surface area contributed by atoms with Crippen LogP contribution in [0.1, 0.15) is 17.3 Å². The van der Waals surface area contributed by atoms with Crippen molar-refractivity contribution in [1.29, 1.82) is 0 Å². The molecule has 0 aliphatic carbocycles. The fraction of sp³-hybridized carbons (Fsp3) is 0.211. The molecule has 0 aliphatic heterocycles. The second-order valence-corrected chi connectivity index (χ2v) is 5.76. The number of aromatic amines is 1. The van der Waals surface area contributed by atoms with Crippen LogP contribution in [-0.2, 0) is 6.54 Å². The van der Waals surface area contributed by atoms with Gasteiger partial charge >= 0.3 is 5.69 Å². The zero-order valence-electron chi connectivity index (χ0n) is 14.6. The van der Waals surface area contributed by atoms with Gasteiger partial charge < -0.3 is 15.0 Å². The van der Waals surface area contributed by atoms with Gasteiger partial charge in [-0.2, -0.15) is 0 Å². The second kappa shape index (κ2) is 7.86. The highest BCUT2D eigenvalue weighted by atomic mass is 19.1. The summed E-state index contributed by atoms with van der Waals surface area (Å²) in [6.45, 7) is 2.22. The molecule has 1 heterocycles. The molecule has 0 bridgehead atoms. The topological polar surface area (TPSA) is 93.2 Å². The lowest BCUT2D eigenvalue weighted by Gasteiger charge is -2.09. The Balaban J connectivity index is 1.80. The summed E-state index contributed by atoms with van der Waals surface area (Å²) >= 11 is 0. The quantitative estimate of drug-likeness (QED) is 0.689. The van der Waals surface area contributed by atoms with Gasteiger partial charge in [-0.3, -0.25) is 14.2 Å². The number of fused-ring (bicyclic) bond motifs is 1. The van der Waals surface area contributed by atoms with Crippen LogP contribution in [0.15, 0.2) is 52.1 Å². The molecule has 0 saturated carbocycles. The number of aromatic nitrogens is 2. The van der Waals surface area contributed by atoms with Crippen LogP contribution in [0, 0.1) is 5.82 Å². The van der Waals surface area contributed by atoms with Crippen LogP contribution in [0.5, 0.6) is 5.75 Å². The standard InChI is InChI=1S/C19H18FN3O4/c1-2-27-12-7-8-16-14(11-12)18(25)23(19(26)22-16)10-9-21-17(24)13-5-3-4-6-15(13)20/h3-8,11H,2,9-10H2,1H3,(H,21,24)(H,22,26). The lowest BCUT2D eigenvalue weighted by Crippen LogP contribution is -2.39. The third-order valence-electron chi connectivity index (χ3n) is 4.00. The summed E-state index contributed by atoms with van der Waals surface area (Å²) in [6.07, 6.45) is 0. The second-order valence-electron chi connectivity index (χ2n) is 5.76. The average Bonchev–Trinajstić information content (AvgIpc) is 2.65. The molecule has 0 spiro atoms. The van der Waals surface area contributed by atoms with Gasteiger partial charge in [0.25, 0.3) is 11.5 Å². The first-order chi connectivity index (χ1) is 13.0. The number of halogens is 1. The maximum atomic E-state index is 13.6. The molecule has 1 aromatic heterocycles. The number of nitrogens with zero attached hydrogens (tertiary/aromatic N) is 1. The summed E-state index contributed by atoms with van der Waals surface area (Å²) in [7, 11) is 0. The Labute approximate surface area is 153 Å². The van der Waals surface area contributed by atoms with Crippen molar-refractivity contribution in [2.75, 3.05) is 13.2 Å². The fourth-order valence-corrected chi connectivity index (χ4v) is 2.71. The molecule has 7 nitrogen and oxygen atoms in total. The van der Waals surface area contributed by atoms with E-state index in [0.717, 1.165) is 4.57 Å². The normalized spacial score (nSPS) is 10.7. The van der Waals surface area contributed by atoms with Crippen LogP contribution in [-0.4, -0.2) is 28.6 Å². The van der Waals surface area contributed by atoms with Gasteiger partial charge in [-0.05, 0) is 37.3 Å². The molecule has 2 N–H and O–H groups in total. The van der Waals surface area contributed by atoms with Crippen molar-refractivity contribution in [2.24, 2.45) is 0 Å². The summed E-state index contributed by atoms with van der Waals surface area (Å²) in [4.78, 5) is 39.4. The lowest BCUT2D eigenvalue weighted by atomic mass is 10.2. The van der Waals surface area contributed by atoms with Gasteiger partial charge in [-0.15, -0.1) is 0 Å². The first kappa shape index (κ1) is 18.4. The van der Waals surface area contributed by atoms with E-state index >= 15 is 0 Å². The van der Waals surface area contributed by atoms with E-state index < -0.39 is 23.0 Å².